The Morgan fingerprint density at radius 2 is 1.67 bits per heavy atom. The van der Waals surface area contributed by atoms with E-state index >= 15 is 0 Å². The van der Waals surface area contributed by atoms with Crippen LogP contribution in [0.4, 0.5) is 14.9 Å². The predicted octanol–water partition coefficient (Wildman–Crippen LogP) is 3.76. The molecular weight excluding hydrogens is 443 g/mol. The molecule has 0 aliphatic rings. The molecule has 0 saturated carbocycles. The van der Waals surface area contributed by atoms with E-state index in [1.54, 1.807) is 39.0 Å². The van der Waals surface area contributed by atoms with Crippen LogP contribution in [0.25, 0.3) is 0 Å². The minimum absolute atomic E-state index is 0.225. The third kappa shape index (κ3) is 8.33. The zero-order valence-electron chi connectivity index (χ0n) is 19.9. The summed E-state index contributed by atoms with van der Waals surface area (Å²) >= 11 is 0. The number of hydrogen-bond donors (Lipinski definition) is 3. The van der Waals surface area contributed by atoms with Crippen molar-refractivity contribution in [2.24, 2.45) is 5.92 Å². The molecular formula is C24H35FN4O3S. The summed E-state index contributed by atoms with van der Waals surface area (Å²) in [4.78, 5) is 14.5. The molecule has 2 rings (SSSR count). The maximum atomic E-state index is 13.9. The lowest BCUT2D eigenvalue weighted by Crippen LogP contribution is -2.46. The number of nitrogens with one attached hydrogen (secondary N) is 3. The molecule has 0 aromatic heterocycles. The summed E-state index contributed by atoms with van der Waals surface area (Å²) in [7, 11) is 0.0445. The number of carbonyl (C=O) groups excluding carboxylic acids is 1. The van der Waals surface area contributed by atoms with Crippen molar-refractivity contribution in [2.45, 2.75) is 38.5 Å². The first-order valence-electron chi connectivity index (χ1n) is 11.0. The average Bonchev–Trinajstić information content (AvgIpc) is 2.72. The van der Waals surface area contributed by atoms with Gasteiger partial charge in [-0.1, -0.05) is 44.2 Å². The van der Waals surface area contributed by atoms with Gasteiger partial charge in [-0.3, -0.25) is 0 Å². The molecule has 182 valence electrons. The summed E-state index contributed by atoms with van der Waals surface area (Å²) in [5.41, 5.74) is 2.10. The second-order valence-corrected chi connectivity index (χ2v) is 10.7. The van der Waals surface area contributed by atoms with Crippen molar-refractivity contribution >= 4 is 21.7 Å². The molecule has 0 bridgehead atoms. The number of benzene rings is 2. The summed E-state index contributed by atoms with van der Waals surface area (Å²) in [5.74, 6) is -0.690. The third-order valence-corrected chi connectivity index (χ3v) is 7.35. The van der Waals surface area contributed by atoms with Gasteiger partial charge in [0, 0.05) is 24.3 Å². The van der Waals surface area contributed by atoms with E-state index in [2.05, 4.69) is 20.3 Å². The predicted molar refractivity (Wildman–Crippen MR) is 131 cm³/mol. The Morgan fingerprint density at radius 1 is 1.03 bits per heavy atom. The average molecular weight is 479 g/mol. The number of likely N-dealkylation sites (N-methyl/N-ethyl adjacent to an activating group) is 1. The standard InChI is InChI=1S/C24H35FN4O3S/c1-17(2)23(16-19-10-12-20(13-11-19)26-14-15-29(4)5)33(31,32)28-24(30)27-18(3)21-8-6-7-9-22(21)25/h6-13,17-18,23,26H,14-16H2,1-5H3,(H2,27,28,30). The lowest BCUT2D eigenvalue weighted by Gasteiger charge is -2.23. The van der Waals surface area contributed by atoms with Crippen LogP contribution in [0.3, 0.4) is 0 Å². The van der Waals surface area contributed by atoms with Crippen molar-refractivity contribution < 1.29 is 17.6 Å². The summed E-state index contributed by atoms with van der Waals surface area (Å²) in [5, 5.41) is 5.02. The molecule has 33 heavy (non-hydrogen) atoms. The highest BCUT2D eigenvalue weighted by atomic mass is 32.2. The molecule has 0 spiro atoms. The molecule has 2 atom stereocenters. The van der Waals surface area contributed by atoms with Crippen LogP contribution in [0.15, 0.2) is 48.5 Å². The van der Waals surface area contributed by atoms with E-state index in [-0.39, 0.29) is 17.9 Å². The molecule has 2 aromatic rings. The number of nitrogens with zero attached hydrogens (tertiary/aromatic N) is 1. The Hall–Kier alpha value is -2.65. The number of halogens is 1. The summed E-state index contributed by atoms with van der Waals surface area (Å²) in [6.07, 6.45) is 0.265. The van der Waals surface area contributed by atoms with Crippen LogP contribution in [0.2, 0.25) is 0 Å². The van der Waals surface area contributed by atoms with E-state index in [1.807, 2.05) is 38.4 Å². The van der Waals surface area contributed by atoms with Crippen molar-refractivity contribution in [2.75, 3.05) is 32.5 Å². The molecule has 0 aliphatic carbocycles. The van der Waals surface area contributed by atoms with Gasteiger partial charge in [0.25, 0.3) is 0 Å². The summed E-state index contributed by atoms with van der Waals surface area (Å²) in [6.45, 7) is 6.92. The topological polar surface area (TPSA) is 90.5 Å². The minimum Gasteiger partial charge on any atom is -0.384 e. The Morgan fingerprint density at radius 3 is 2.24 bits per heavy atom. The highest BCUT2D eigenvalue weighted by Gasteiger charge is 2.31. The molecule has 0 fully saturated rings. The Bertz CT molecular complexity index is 1010. The molecule has 0 aliphatic heterocycles. The quantitative estimate of drug-likeness (QED) is 0.458. The van der Waals surface area contributed by atoms with Crippen LogP contribution in [0.1, 0.15) is 37.9 Å². The highest BCUT2D eigenvalue weighted by molar-refractivity contribution is 7.90. The number of rotatable bonds is 11. The van der Waals surface area contributed by atoms with Gasteiger partial charge >= 0.3 is 6.03 Å². The zero-order chi connectivity index (χ0) is 24.6. The molecule has 9 heteroatoms. The number of hydrogen-bond acceptors (Lipinski definition) is 5. The summed E-state index contributed by atoms with van der Waals surface area (Å²) in [6, 6.07) is 12.1. The molecule has 0 radical (unpaired) electrons. The smallest absolute Gasteiger partial charge is 0.328 e. The molecule has 3 N–H and O–H groups in total. The van der Waals surface area contributed by atoms with Gasteiger partial charge in [-0.15, -0.1) is 0 Å². The van der Waals surface area contributed by atoms with Gasteiger partial charge in [-0.2, -0.15) is 0 Å². The SMILES string of the molecule is CC(NC(=O)NS(=O)(=O)C(Cc1ccc(NCCN(C)C)cc1)C(C)C)c1ccccc1F. The normalized spacial score (nSPS) is 13.6. The second-order valence-electron chi connectivity index (χ2n) is 8.78. The Labute approximate surface area is 196 Å². The summed E-state index contributed by atoms with van der Waals surface area (Å²) < 4.78 is 42.0. The van der Waals surface area contributed by atoms with Crippen LogP contribution >= 0.6 is 0 Å². The van der Waals surface area contributed by atoms with E-state index in [0.29, 0.717) is 0 Å². The van der Waals surface area contributed by atoms with Crippen LogP contribution in [0, 0.1) is 11.7 Å². The van der Waals surface area contributed by atoms with Gasteiger partial charge in [0.05, 0.1) is 11.3 Å². The Balaban J connectivity index is 2.02. The minimum atomic E-state index is -3.97. The second kappa shape index (κ2) is 12.0. The van der Waals surface area contributed by atoms with Gasteiger partial charge in [-0.25, -0.2) is 22.3 Å². The van der Waals surface area contributed by atoms with E-state index in [1.165, 1.54) is 6.07 Å². The van der Waals surface area contributed by atoms with Crippen molar-refractivity contribution in [1.29, 1.82) is 0 Å². The first-order chi connectivity index (χ1) is 15.5. The zero-order valence-corrected chi connectivity index (χ0v) is 20.7. The van der Waals surface area contributed by atoms with Gasteiger partial charge < -0.3 is 15.5 Å². The Kier molecular flexibility index (Phi) is 9.67. The fraction of sp³-hybridized carbons (Fsp3) is 0.458. The third-order valence-electron chi connectivity index (χ3n) is 5.38. The first-order valence-corrected chi connectivity index (χ1v) is 12.6. The van der Waals surface area contributed by atoms with E-state index in [4.69, 9.17) is 0 Å². The van der Waals surface area contributed by atoms with Crippen LogP contribution in [0.5, 0.6) is 0 Å². The molecule has 0 saturated heterocycles. The van der Waals surface area contributed by atoms with Crippen molar-refractivity contribution in [3.8, 4) is 0 Å². The van der Waals surface area contributed by atoms with E-state index in [0.717, 1.165) is 24.3 Å². The number of urea groups is 1. The highest BCUT2D eigenvalue weighted by Crippen LogP contribution is 2.20. The lowest BCUT2D eigenvalue weighted by molar-refractivity contribution is 0.242. The van der Waals surface area contributed by atoms with Crippen molar-refractivity contribution in [1.82, 2.24) is 14.9 Å². The molecule has 2 amide bonds. The maximum absolute atomic E-state index is 13.9. The number of anilines is 1. The first kappa shape index (κ1) is 26.6. The largest absolute Gasteiger partial charge is 0.384 e. The fourth-order valence-corrected chi connectivity index (χ4v) is 5.05. The van der Waals surface area contributed by atoms with E-state index < -0.39 is 33.2 Å². The molecule has 7 nitrogen and oxygen atoms in total. The van der Waals surface area contributed by atoms with E-state index in [9.17, 15) is 17.6 Å². The van der Waals surface area contributed by atoms with Crippen LogP contribution < -0.4 is 15.4 Å². The number of carbonyl (C=O) groups is 1. The van der Waals surface area contributed by atoms with Gasteiger partial charge in [-0.05, 0) is 57.1 Å². The maximum Gasteiger partial charge on any atom is 0.328 e. The fourth-order valence-electron chi connectivity index (χ4n) is 3.45. The lowest BCUT2D eigenvalue weighted by atomic mass is 10.0. The molecule has 2 unspecified atom stereocenters. The molecule has 2 aromatic carbocycles. The van der Waals surface area contributed by atoms with Crippen molar-refractivity contribution in [3.63, 3.8) is 0 Å². The van der Waals surface area contributed by atoms with Crippen LogP contribution in [-0.2, 0) is 16.4 Å². The molecule has 0 heterocycles. The number of amides is 2. The van der Waals surface area contributed by atoms with Crippen LogP contribution in [-0.4, -0.2) is 51.8 Å². The monoisotopic (exact) mass is 478 g/mol. The van der Waals surface area contributed by atoms with Crippen molar-refractivity contribution in [3.05, 3.63) is 65.5 Å². The van der Waals surface area contributed by atoms with Gasteiger partial charge in [0.2, 0.25) is 10.0 Å². The number of sulfonamides is 1. The van der Waals surface area contributed by atoms with Gasteiger partial charge in [0.15, 0.2) is 0 Å². The van der Waals surface area contributed by atoms with Gasteiger partial charge in [0.1, 0.15) is 5.82 Å².